The lowest BCUT2D eigenvalue weighted by Gasteiger charge is -2.18. The predicted octanol–water partition coefficient (Wildman–Crippen LogP) is 3.99. The molecule has 10 heteroatoms. The summed E-state index contributed by atoms with van der Waals surface area (Å²) in [7, 11) is 1.58. The molecule has 33 heavy (non-hydrogen) atoms. The van der Waals surface area contributed by atoms with Crippen LogP contribution in [0, 0.1) is 11.2 Å². The number of anilines is 3. The Morgan fingerprint density at radius 3 is 2.94 bits per heavy atom. The molecule has 1 amide bonds. The van der Waals surface area contributed by atoms with Crippen molar-refractivity contribution in [1.29, 1.82) is 5.41 Å². The van der Waals surface area contributed by atoms with E-state index in [1.165, 1.54) is 12.3 Å². The van der Waals surface area contributed by atoms with E-state index >= 15 is 0 Å². The fourth-order valence-corrected chi connectivity index (χ4v) is 4.43. The number of aryl methyl sites for hydroxylation is 1. The zero-order valence-corrected chi connectivity index (χ0v) is 18.8. The number of allylic oxidation sites excluding steroid dienone is 1. The highest BCUT2D eigenvalue weighted by molar-refractivity contribution is 7.11. The minimum absolute atomic E-state index is 0.0240. The summed E-state index contributed by atoms with van der Waals surface area (Å²) in [5, 5.41) is 24.0. The third kappa shape index (κ3) is 4.42. The standard InChI is InChI=1S/C23H23FN6O2S/c1-3-4-5-13-10-16(24)15-8-9-30(18(15)11-13)23(32)17-7-6-14(12-27-17)28-22-19(20(25)26-2)21(31)29-33-22/h3,6-7,10-12,28H,1,4-5,8-9H2,2H3,(H2,25,26)(H,29,31). The van der Waals surface area contributed by atoms with Gasteiger partial charge in [0.25, 0.3) is 5.91 Å². The molecule has 8 nitrogen and oxygen atoms in total. The Bertz CT molecular complexity index is 1220. The number of hydrogen-bond acceptors (Lipinski definition) is 7. The second kappa shape index (κ2) is 9.37. The third-order valence-electron chi connectivity index (χ3n) is 5.40. The molecular weight excluding hydrogens is 443 g/mol. The molecule has 0 spiro atoms. The number of rotatable bonds is 7. The predicted molar refractivity (Wildman–Crippen MR) is 127 cm³/mol. The van der Waals surface area contributed by atoms with Crippen LogP contribution in [0.5, 0.6) is 5.88 Å². The third-order valence-corrected chi connectivity index (χ3v) is 6.16. The molecule has 0 radical (unpaired) electrons. The van der Waals surface area contributed by atoms with Gasteiger partial charge in [0.2, 0.25) is 5.88 Å². The lowest BCUT2D eigenvalue weighted by atomic mass is 10.0. The van der Waals surface area contributed by atoms with E-state index in [0.717, 1.165) is 23.5 Å². The molecule has 0 unspecified atom stereocenters. The summed E-state index contributed by atoms with van der Waals surface area (Å²) in [5.74, 6) is -0.802. The zero-order chi connectivity index (χ0) is 23.5. The monoisotopic (exact) mass is 466 g/mol. The minimum atomic E-state index is -0.298. The first-order valence-corrected chi connectivity index (χ1v) is 11.1. The number of aromatic hydroxyl groups is 1. The van der Waals surface area contributed by atoms with E-state index < -0.39 is 0 Å². The molecule has 0 atom stereocenters. The summed E-state index contributed by atoms with van der Waals surface area (Å²) in [5.41, 5.74) is 3.03. The van der Waals surface area contributed by atoms with E-state index in [9.17, 15) is 14.3 Å². The molecule has 4 N–H and O–H groups in total. The maximum atomic E-state index is 14.6. The van der Waals surface area contributed by atoms with Crippen LogP contribution < -0.4 is 15.5 Å². The molecule has 0 saturated carbocycles. The van der Waals surface area contributed by atoms with Gasteiger partial charge in [-0.15, -0.1) is 6.58 Å². The molecule has 0 saturated heterocycles. The molecule has 4 rings (SSSR count). The number of fused-ring (bicyclic) bond motifs is 1. The molecule has 2 aromatic heterocycles. The van der Waals surface area contributed by atoms with Crippen LogP contribution >= 0.6 is 11.5 Å². The summed E-state index contributed by atoms with van der Waals surface area (Å²) < 4.78 is 18.4. The van der Waals surface area contributed by atoms with Gasteiger partial charge in [0.1, 0.15) is 27.9 Å². The van der Waals surface area contributed by atoms with E-state index in [-0.39, 0.29) is 34.7 Å². The number of amides is 1. The molecule has 0 aliphatic carbocycles. The van der Waals surface area contributed by atoms with Gasteiger partial charge in [0.15, 0.2) is 0 Å². The molecular formula is C23H23FN6O2S. The van der Waals surface area contributed by atoms with Crippen molar-refractivity contribution in [2.24, 2.45) is 0 Å². The Kier molecular flexibility index (Phi) is 6.36. The van der Waals surface area contributed by atoms with E-state index in [1.54, 1.807) is 30.2 Å². The SMILES string of the molecule is C=CCCc1cc(F)c2c(c1)N(C(=O)c1ccc(Nc3snc(O)c3C(=N)NC)cn1)CC2. The molecule has 1 aliphatic rings. The van der Waals surface area contributed by atoms with E-state index in [1.807, 2.05) is 6.07 Å². The fourth-order valence-electron chi connectivity index (χ4n) is 3.71. The Morgan fingerprint density at radius 1 is 1.42 bits per heavy atom. The Hall–Kier alpha value is -3.79. The van der Waals surface area contributed by atoms with Crippen molar-refractivity contribution in [3.8, 4) is 5.88 Å². The van der Waals surface area contributed by atoms with Crippen molar-refractivity contribution in [2.75, 3.05) is 23.8 Å². The average molecular weight is 467 g/mol. The van der Waals surface area contributed by atoms with Crippen LogP contribution in [0.15, 0.2) is 43.1 Å². The molecule has 3 heterocycles. The highest BCUT2D eigenvalue weighted by atomic mass is 32.1. The van der Waals surface area contributed by atoms with Gasteiger partial charge < -0.3 is 20.6 Å². The van der Waals surface area contributed by atoms with Crippen LogP contribution in [0.4, 0.5) is 20.8 Å². The Labute approximate surface area is 194 Å². The lowest BCUT2D eigenvalue weighted by Crippen LogP contribution is -2.29. The van der Waals surface area contributed by atoms with Crippen molar-refractivity contribution >= 4 is 39.7 Å². The van der Waals surface area contributed by atoms with Crippen molar-refractivity contribution < 1.29 is 14.3 Å². The first kappa shape index (κ1) is 22.4. The van der Waals surface area contributed by atoms with E-state index in [0.29, 0.717) is 41.3 Å². The maximum Gasteiger partial charge on any atom is 0.276 e. The largest absolute Gasteiger partial charge is 0.492 e. The van der Waals surface area contributed by atoms with Crippen LogP contribution in [0.2, 0.25) is 0 Å². The highest BCUT2D eigenvalue weighted by Crippen LogP contribution is 2.34. The van der Waals surface area contributed by atoms with Gasteiger partial charge in [-0.05, 0) is 60.6 Å². The number of carbonyl (C=O) groups excluding carboxylic acids is 1. The number of halogens is 1. The van der Waals surface area contributed by atoms with Gasteiger partial charge in [-0.25, -0.2) is 9.37 Å². The first-order chi connectivity index (χ1) is 15.9. The number of nitrogens with zero attached hydrogens (tertiary/aromatic N) is 3. The number of pyridine rings is 1. The second-order valence-corrected chi connectivity index (χ2v) is 8.28. The van der Waals surface area contributed by atoms with E-state index in [2.05, 4.69) is 26.6 Å². The van der Waals surface area contributed by atoms with Crippen LogP contribution in [0.1, 0.15) is 33.6 Å². The maximum absolute atomic E-state index is 14.6. The number of aromatic nitrogens is 2. The summed E-state index contributed by atoms with van der Waals surface area (Å²) >= 11 is 1.01. The quantitative estimate of drug-likeness (QED) is 0.238. The smallest absolute Gasteiger partial charge is 0.276 e. The topological polar surface area (TPSA) is 114 Å². The first-order valence-electron chi connectivity index (χ1n) is 10.3. The normalized spacial score (nSPS) is 12.4. The van der Waals surface area contributed by atoms with E-state index in [4.69, 9.17) is 5.41 Å². The summed E-state index contributed by atoms with van der Waals surface area (Å²) in [6.07, 6.45) is 5.13. The number of carbonyl (C=O) groups is 1. The molecule has 170 valence electrons. The lowest BCUT2D eigenvalue weighted by molar-refractivity contribution is 0.0984. The Balaban J connectivity index is 1.53. The van der Waals surface area contributed by atoms with Crippen molar-refractivity contribution in [2.45, 2.75) is 19.3 Å². The minimum Gasteiger partial charge on any atom is -0.492 e. The Morgan fingerprint density at radius 2 is 2.24 bits per heavy atom. The van der Waals surface area contributed by atoms with Gasteiger partial charge in [-0.3, -0.25) is 10.2 Å². The van der Waals surface area contributed by atoms with Gasteiger partial charge in [0, 0.05) is 19.2 Å². The fraction of sp³-hybridized carbons (Fsp3) is 0.217. The molecule has 3 aromatic rings. The van der Waals surface area contributed by atoms with Gasteiger partial charge in [0.05, 0.1) is 17.6 Å². The number of benzene rings is 1. The van der Waals surface area contributed by atoms with Gasteiger partial charge >= 0.3 is 0 Å². The van der Waals surface area contributed by atoms with Crippen molar-refractivity contribution in [3.63, 3.8) is 0 Å². The molecule has 1 aliphatic heterocycles. The van der Waals surface area contributed by atoms with Crippen LogP contribution in [0.25, 0.3) is 0 Å². The van der Waals surface area contributed by atoms with Crippen LogP contribution in [-0.4, -0.2) is 39.8 Å². The zero-order valence-electron chi connectivity index (χ0n) is 18.0. The van der Waals surface area contributed by atoms with Crippen LogP contribution in [-0.2, 0) is 12.8 Å². The summed E-state index contributed by atoms with van der Waals surface area (Å²) in [4.78, 5) is 19.0. The molecule has 1 aromatic carbocycles. The van der Waals surface area contributed by atoms with Crippen molar-refractivity contribution in [1.82, 2.24) is 14.7 Å². The number of hydrogen-bond donors (Lipinski definition) is 4. The van der Waals surface area contributed by atoms with Crippen molar-refractivity contribution in [3.05, 3.63) is 71.3 Å². The second-order valence-electron chi connectivity index (χ2n) is 7.50. The van der Waals surface area contributed by atoms with Gasteiger partial charge in [-0.1, -0.05) is 6.08 Å². The number of amidine groups is 1. The summed E-state index contributed by atoms with van der Waals surface area (Å²) in [6, 6.07) is 6.68. The van der Waals surface area contributed by atoms with Gasteiger partial charge in [-0.2, -0.15) is 4.37 Å². The number of nitrogens with one attached hydrogen (secondary N) is 3. The molecule has 0 fully saturated rings. The highest BCUT2D eigenvalue weighted by Gasteiger charge is 2.29. The average Bonchev–Trinajstić information content (AvgIpc) is 3.41. The molecule has 0 bridgehead atoms. The summed E-state index contributed by atoms with van der Waals surface area (Å²) in [6.45, 7) is 4.10. The van der Waals surface area contributed by atoms with Crippen LogP contribution in [0.3, 0.4) is 0 Å².